The Morgan fingerprint density at radius 3 is 2.27 bits per heavy atom. The van der Waals surface area contributed by atoms with E-state index < -0.39 is 0 Å². The van der Waals surface area contributed by atoms with E-state index in [-0.39, 0.29) is 35.8 Å². The minimum absolute atomic E-state index is 0.0122. The lowest BCUT2D eigenvalue weighted by Crippen LogP contribution is -2.35. The summed E-state index contributed by atoms with van der Waals surface area (Å²) in [5.74, 6) is 0.140. The maximum absolute atomic E-state index is 12.7. The molecule has 1 saturated carbocycles. The molecule has 0 aliphatic heterocycles. The zero-order chi connectivity index (χ0) is 18.4. The predicted molar refractivity (Wildman–Crippen MR) is 102 cm³/mol. The summed E-state index contributed by atoms with van der Waals surface area (Å²) in [4.78, 5) is 12.7. The molecule has 3 N–H and O–H groups in total. The number of phenols is 2. The van der Waals surface area contributed by atoms with Crippen LogP contribution in [0.2, 0.25) is 0 Å². The van der Waals surface area contributed by atoms with Gasteiger partial charge in [0.15, 0.2) is 0 Å². The van der Waals surface area contributed by atoms with Gasteiger partial charge in [-0.1, -0.05) is 56.0 Å². The lowest BCUT2D eigenvalue weighted by atomic mass is 9.87. The third-order valence-corrected chi connectivity index (χ3v) is 5.22. The molecule has 0 radical (unpaired) electrons. The summed E-state index contributed by atoms with van der Waals surface area (Å²) in [5.41, 5.74) is 1.63. The number of benzene rings is 2. The maximum Gasteiger partial charge on any atom is 0.221 e. The van der Waals surface area contributed by atoms with E-state index in [4.69, 9.17) is 0 Å². The van der Waals surface area contributed by atoms with Crippen LogP contribution in [0.4, 0.5) is 0 Å². The molecule has 4 nitrogen and oxygen atoms in total. The summed E-state index contributed by atoms with van der Waals surface area (Å²) in [7, 11) is 0. The van der Waals surface area contributed by atoms with Crippen LogP contribution in [0.25, 0.3) is 0 Å². The van der Waals surface area contributed by atoms with Gasteiger partial charge >= 0.3 is 0 Å². The fourth-order valence-corrected chi connectivity index (χ4v) is 3.79. The third kappa shape index (κ3) is 4.78. The Hall–Kier alpha value is -2.49. The lowest BCUT2D eigenvalue weighted by Gasteiger charge is -2.21. The van der Waals surface area contributed by atoms with Crippen LogP contribution < -0.4 is 5.32 Å². The number of rotatable bonds is 5. The van der Waals surface area contributed by atoms with Gasteiger partial charge in [0.2, 0.25) is 5.91 Å². The highest BCUT2D eigenvalue weighted by atomic mass is 16.3. The normalized spacial score (nSPS) is 16.6. The summed E-state index contributed by atoms with van der Waals surface area (Å²) >= 11 is 0. The van der Waals surface area contributed by atoms with Gasteiger partial charge in [0.1, 0.15) is 11.5 Å². The second kappa shape index (κ2) is 8.75. The first kappa shape index (κ1) is 18.3. The molecule has 0 aromatic heterocycles. The smallest absolute Gasteiger partial charge is 0.221 e. The molecule has 1 amide bonds. The first-order valence-corrected chi connectivity index (χ1v) is 9.49. The molecule has 0 spiro atoms. The van der Waals surface area contributed by atoms with E-state index >= 15 is 0 Å². The van der Waals surface area contributed by atoms with E-state index in [1.54, 1.807) is 24.3 Å². The molecule has 0 bridgehead atoms. The number of carbonyl (C=O) groups is 1. The van der Waals surface area contributed by atoms with Gasteiger partial charge in [-0.15, -0.1) is 0 Å². The van der Waals surface area contributed by atoms with E-state index in [1.165, 1.54) is 25.7 Å². The van der Waals surface area contributed by atoms with Gasteiger partial charge in [0.25, 0.3) is 0 Å². The Balaban J connectivity index is 1.78. The Morgan fingerprint density at radius 2 is 1.62 bits per heavy atom. The Bertz CT molecular complexity index is 718. The van der Waals surface area contributed by atoms with Gasteiger partial charge in [-0.3, -0.25) is 4.79 Å². The number of hydrogen-bond donors (Lipinski definition) is 3. The Labute approximate surface area is 154 Å². The number of para-hydroxylation sites is 1. The van der Waals surface area contributed by atoms with Gasteiger partial charge < -0.3 is 15.5 Å². The van der Waals surface area contributed by atoms with E-state index in [0.717, 1.165) is 24.0 Å². The van der Waals surface area contributed by atoms with Crippen molar-refractivity contribution in [2.75, 3.05) is 0 Å². The van der Waals surface area contributed by atoms with E-state index in [9.17, 15) is 15.0 Å². The molecule has 4 heteroatoms. The molecule has 0 heterocycles. The molecule has 138 valence electrons. The largest absolute Gasteiger partial charge is 0.508 e. The van der Waals surface area contributed by atoms with Crippen molar-refractivity contribution in [1.82, 2.24) is 5.32 Å². The predicted octanol–water partition coefficient (Wildman–Crippen LogP) is 4.46. The molecule has 1 fully saturated rings. The van der Waals surface area contributed by atoms with Crippen LogP contribution in [0.1, 0.15) is 62.0 Å². The van der Waals surface area contributed by atoms with Crippen LogP contribution in [-0.4, -0.2) is 22.2 Å². The maximum atomic E-state index is 12.7. The first-order valence-electron chi connectivity index (χ1n) is 9.49. The number of carbonyl (C=O) groups excluding carboxylic acids is 1. The van der Waals surface area contributed by atoms with Crippen molar-refractivity contribution in [3.63, 3.8) is 0 Å². The molecule has 3 rings (SSSR count). The van der Waals surface area contributed by atoms with Crippen molar-refractivity contribution < 1.29 is 15.0 Å². The molecule has 1 atom stereocenters. The number of amides is 1. The first-order chi connectivity index (χ1) is 12.6. The van der Waals surface area contributed by atoms with Gasteiger partial charge in [-0.2, -0.15) is 0 Å². The zero-order valence-electron chi connectivity index (χ0n) is 15.0. The standard InChI is InChI=1S/C22H27NO3/c24-18-13-11-16(12-14-18)20(19-9-5-6-10-21(19)25)15-22(26)23-17-7-3-1-2-4-8-17/h5-6,9-14,17,20,24-25H,1-4,7-8,15H2,(H,23,26)/t20-/m0/s1. The van der Waals surface area contributed by atoms with Gasteiger partial charge in [-0.05, 0) is 36.6 Å². The summed E-state index contributed by atoms with van der Waals surface area (Å²) in [6, 6.07) is 14.3. The Morgan fingerprint density at radius 1 is 0.962 bits per heavy atom. The summed E-state index contributed by atoms with van der Waals surface area (Å²) in [5, 5.41) is 23.0. The molecule has 1 aliphatic rings. The molecule has 2 aromatic rings. The Kier molecular flexibility index (Phi) is 6.16. The second-order valence-electron chi connectivity index (χ2n) is 7.16. The van der Waals surface area contributed by atoms with Crippen molar-refractivity contribution in [2.24, 2.45) is 0 Å². The molecule has 26 heavy (non-hydrogen) atoms. The van der Waals surface area contributed by atoms with E-state index in [2.05, 4.69) is 5.32 Å². The number of hydrogen-bond acceptors (Lipinski definition) is 3. The van der Waals surface area contributed by atoms with Crippen LogP contribution in [0, 0.1) is 0 Å². The van der Waals surface area contributed by atoms with Crippen LogP contribution in [-0.2, 0) is 4.79 Å². The highest BCUT2D eigenvalue weighted by Crippen LogP contribution is 2.34. The van der Waals surface area contributed by atoms with Crippen molar-refractivity contribution in [1.29, 1.82) is 0 Å². The van der Waals surface area contributed by atoms with Crippen molar-refractivity contribution in [3.8, 4) is 11.5 Å². The molecule has 0 unspecified atom stereocenters. The highest BCUT2D eigenvalue weighted by molar-refractivity contribution is 5.78. The minimum Gasteiger partial charge on any atom is -0.508 e. The quantitative estimate of drug-likeness (QED) is 0.695. The van der Waals surface area contributed by atoms with Crippen LogP contribution in [0.15, 0.2) is 48.5 Å². The third-order valence-electron chi connectivity index (χ3n) is 5.22. The molecular formula is C22H27NO3. The monoisotopic (exact) mass is 353 g/mol. The van der Waals surface area contributed by atoms with Crippen molar-refractivity contribution in [2.45, 2.75) is 56.9 Å². The van der Waals surface area contributed by atoms with Gasteiger partial charge in [-0.25, -0.2) is 0 Å². The van der Waals surface area contributed by atoms with Gasteiger partial charge in [0, 0.05) is 23.9 Å². The molecular weight excluding hydrogens is 326 g/mol. The fraction of sp³-hybridized carbons (Fsp3) is 0.409. The number of phenolic OH excluding ortho intramolecular Hbond substituents is 2. The lowest BCUT2D eigenvalue weighted by molar-refractivity contribution is -0.122. The highest BCUT2D eigenvalue weighted by Gasteiger charge is 2.23. The molecule has 0 saturated heterocycles. The van der Waals surface area contributed by atoms with Crippen molar-refractivity contribution >= 4 is 5.91 Å². The zero-order valence-corrected chi connectivity index (χ0v) is 15.0. The topological polar surface area (TPSA) is 69.6 Å². The van der Waals surface area contributed by atoms with E-state index in [1.807, 2.05) is 24.3 Å². The fourth-order valence-electron chi connectivity index (χ4n) is 3.79. The SMILES string of the molecule is O=C(C[C@@H](c1ccc(O)cc1)c1ccccc1O)NC1CCCCCC1. The summed E-state index contributed by atoms with van der Waals surface area (Å²) in [6.45, 7) is 0. The van der Waals surface area contributed by atoms with Crippen LogP contribution in [0.5, 0.6) is 11.5 Å². The minimum atomic E-state index is -0.248. The van der Waals surface area contributed by atoms with Gasteiger partial charge in [0.05, 0.1) is 0 Å². The second-order valence-corrected chi connectivity index (χ2v) is 7.16. The summed E-state index contributed by atoms with van der Waals surface area (Å²) in [6.07, 6.45) is 7.22. The number of aromatic hydroxyl groups is 2. The number of nitrogens with one attached hydrogen (secondary N) is 1. The van der Waals surface area contributed by atoms with Crippen molar-refractivity contribution in [3.05, 3.63) is 59.7 Å². The summed E-state index contributed by atoms with van der Waals surface area (Å²) < 4.78 is 0. The average molecular weight is 353 g/mol. The molecule has 1 aliphatic carbocycles. The molecule has 2 aromatic carbocycles. The van der Waals surface area contributed by atoms with E-state index in [0.29, 0.717) is 0 Å². The average Bonchev–Trinajstić information content (AvgIpc) is 2.90. The van der Waals surface area contributed by atoms with Crippen LogP contribution >= 0.6 is 0 Å². The van der Waals surface area contributed by atoms with Crippen LogP contribution in [0.3, 0.4) is 0 Å².